The highest BCUT2D eigenvalue weighted by Crippen LogP contribution is 2.51. The van der Waals surface area contributed by atoms with Gasteiger partial charge in [0.25, 0.3) is 0 Å². The van der Waals surface area contributed by atoms with Crippen LogP contribution in [-0.4, -0.2) is 60.0 Å². The Morgan fingerprint density at radius 1 is 1.09 bits per heavy atom. The fourth-order valence-corrected chi connectivity index (χ4v) is 5.83. The van der Waals surface area contributed by atoms with Crippen molar-refractivity contribution >= 4 is 17.7 Å². The zero-order valence-corrected chi connectivity index (χ0v) is 20.7. The van der Waals surface area contributed by atoms with Gasteiger partial charge < -0.3 is 25.2 Å². The van der Waals surface area contributed by atoms with Crippen LogP contribution in [0.4, 0.5) is 10.5 Å². The number of carbonyl (C=O) groups excluding carboxylic acids is 1. The molecule has 3 aliphatic rings. The molecule has 0 aromatic heterocycles. The molecule has 0 spiro atoms. The zero-order chi connectivity index (χ0) is 25.2. The highest BCUT2D eigenvalue weighted by Gasteiger charge is 2.52. The first-order valence-corrected chi connectivity index (χ1v) is 12.3. The van der Waals surface area contributed by atoms with Crippen molar-refractivity contribution in [2.45, 2.75) is 63.1 Å². The summed E-state index contributed by atoms with van der Waals surface area (Å²) in [5, 5.41) is 20.3. The number of benzene rings is 2. The van der Waals surface area contributed by atoms with E-state index in [1.807, 2.05) is 12.1 Å². The fraction of sp³-hybridized carbons (Fsp3) is 0.481. The van der Waals surface area contributed by atoms with Crippen molar-refractivity contribution in [3.8, 4) is 11.5 Å². The summed E-state index contributed by atoms with van der Waals surface area (Å²) in [6.07, 6.45) is 7.02. The predicted octanol–water partition coefficient (Wildman–Crippen LogP) is 4.57. The zero-order valence-electron chi connectivity index (χ0n) is 20.7. The molecule has 5 rings (SSSR count). The van der Waals surface area contributed by atoms with Crippen molar-refractivity contribution < 1.29 is 24.5 Å². The summed E-state index contributed by atoms with van der Waals surface area (Å²) in [5.74, 6) is -0.682. The second kappa shape index (κ2) is 10.2. The number of carboxylic acid groups (broad SMARTS) is 1. The largest absolute Gasteiger partial charge is 0.507 e. The predicted molar refractivity (Wildman–Crippen MR) is 134 cm³/mol. The number of nitrogens with zero attached hydrogens (tertiary/aromatic N) is 2. The minimum Gasteiger partial charge on any atom is -0.507 e. The lowest BCUT2D eigenvalue weighted by atomic mass is 9.81. The molecule has 1 aliphatic carbocycles. The number of rotatable bonds is 3. The molecule has 2 aromatic carbocycles. The molecule has 1 saturated heterocycles. The van der Waals surface area contributed by atoms with Crippen molar-refractivity contribution in [3.05, 3.63) is 53.6 Å². The lowest BCUT2D eigenvalue weighted by Gasteiger charge is -2.32. The third-order valence-corrected chi connectivity index (χ3v) is 7.57. The van der Waals surface area contributed by atoms with Crippen LogP contribution in [0.15, 0.2) is 42.5 Å². The average Bonchev–Trinajstić information content (AvgIpc) is 3.25. The molecule has 35 heavy (non-hydrogen) atoms. The summed E-state index contributed by atoms with van der Waals surface area (Å²) < 4.78 is 5.58. The standard InChI is InChI=1S/C20H29N3O2.C7H6O3/c1-20-11-12-22(2)18(20)23(3)17-13-15(9-10-16(17)20)25-19(24)21-14-7-5-4-6-8-14;8-6-4-2-1-3-5(6)7(9)10/h9-10,13-14,18H,4-8,11-12H2,1-3H3,(H,21,24);1-4,8H,(H,9,10)/t18-,20+;/m0./s1. The van der Waals surface area contributed by atoms with Crippen LogP contribution in [0.25, 0.3) is 0 Å². The Morgan fingerprint density at radius 2 is 1.80 bits per heavy atom. The number of aromatic hydroxyl groups is 1. The number of nitrogens with one attached hydrogen (secondary N) is 1. The first kappa shape index (κ1) is 24.9. The monoisotopic (exact) mass is 481 g/mol. The number of para-hydroxylation sites is 1. The van der Waals surface area contributed by atoms with Gasteiger partial charge in [0.2, 0.25) is 0 Å². The van der Waals surface area contributed by atoms with Gasteiger partial charge in [-0.3, -0.25) is 4.90 Å². The Bertz CT molecular complexity index is 1080. The number of likely N-dealkylation sites (N-methyl/N-ethyl adjacent to an activating group) is 2. The lowest BCUT2D eigenvalue weighted by molar-refractivity contribution is 0.0693. The molecule has 0 radical (unpaired) electrons. The number of carboxylic acids is 1. The fourth-order valence-electron chi connectivity index (χ4n) is 5.83. The van der Waals surface area contributed by atoms with Crippen LogP contribution in [-0.2, 0) is 5.41 Å². The summed E-state index contributed by atoms with van der Waals surface area (Å²) >= 11 is 0. The van der Waals surface area contributed by atoms with E-state index in [-0.39, 0.29) is 28.9 Å². The summed E-state index contributed by atoms with van der Waals surface area (Å²) in [5.41, 5.74) is 2.63. The van der Waals surface area contributed by atoms with Crippen LogP contribution in [0.5, 0.6) is 11.5 Å². The van der Waals surface area contributed by atoms with Crippen LogP contribution >= 0.6 is 0 Å². The topological polar surface area (TPSA) is 102 Å². The van der Waals surface area contributed by atoms with Crippen LogP contribution in [0.3, 0.4) is 0 Å². The molecular formula is C27H35N3O5. The van der Waals surface area contributed by atoms with E-state index in [4.69, 9.17) is 14.9 Å². The first-order chi connectivity index (χ1) is 16.7. The number of ether oxygens (including phenoxy) is 1. The van der Waals surface area contributed by atoms with Crippen molar-refractivity contribution in [2.75, 3.05) is 25.5 Å². The smallest absolute Gasteiger partial charge is 0.412 e. The maximum atomic E-state index is 12.2. The number of amides is 1. The Hall–Kier alpha value is -3.26. The van der Waals surface area contributed by atoms with Gasteiger partial charge in [0.15, 0.2) is 0 Å². The van der Waals surface area contributed by atoms with Crippen LogP contribution in [0, 0.1) is 0 Å². The van der Waals surface area contributed by atoms with Gasteiger partial charge in [-0.15, -0.1) is 0 Å². The number of likely N-dealkylation sites (tertiary alicyclic amines) is 1. The highest BCUT2D eigenvalue weighted by atomic mass is 16.6. The maximum Gasteiger partial charge on any atom is 0.412 e. The first-order valence-electron chi connectivity index (χ1n) is 12.3. The van der Waals surface area contributed by atoms with E-state index in [2.05, 4.69) is 42.2 Å². The second-order valence-electron chi connectivity index (χ2n) is 10.0. The lowest BCUT2D eigenvalue weighted by Crippen LogP contribution is -2.45. The third-order valence-electron chi connectivity index (χ3n) is 7.57. The Kier molecular flexibility index (Phi) is 7.21. The molecule has 0 unspecified atom stereocenters. The summed E-state index contributed by atoms with van der Waals surface area (Å²) in [6, 6.07) is 12.2. The number of hydrogen-bond acceptors (Lipinski definition) is 6. The normalized spacial score (nSPS) is 23.6. The van der Waals surface area contributed by atoms with Crippen LogP contribution < -0.4 is 15.0 Å². The van der Waals surface area contributed by atoms with E-state index < -0.39 is 5.97 Å². The molecule has 2 aromatic rings. The molecular weight excluding hydrogens is 446 g/mol. The summed E-state index contributed by atoms with van der Waals surface area (Å²) in [7, 11) is 4.33. The average molecular weight is 482 g/mol. The molecule has 2 atom stereocenters. The summed E-state index contributed by atoms with van der Waals surface area (Å²) in [4.78, 5) is 27.2. The van der Waals surface area contributed by atoms with Crippen molar-refractivity contribution in [3.63, 3.8) is 0 Å². The Labute approximate surface area is 206 Å². The number of aromatic carboxylic acids is 1. The SMILES string of the molecule is CN1CC[C@]2(C)c3ccc(OC(=O)NC4CCCCC4)cc3N(C)[C@H]12.O=C(O)c1ccccc1O. The van der Waals surface area contributed by atoms with Crippen LogP contribution in [0.2, 0.25) is 0 Å². The van der Waals surface area contributed by atoms with Gasteiger partial charge in [-0.25, -0.2) is 9.59 Å². The summed E-state index contributed by atoms with van der Waals surface area (Å²) in [6.45, 7) is 3.47. The molecule has 2 aliphatic heterocycles. The van der Waals surface area contributed by atoms with Gasteiger partial charge in [-0.1, -0.05) is 44.4 Å². The van der Waals surface area contributed by atoms with Gasteiger partial charge in [0.1, 0.15) is 17.1 Å². The van der Waals surface area contributed by atoms with Crippen molar-refractivity contribution in [1.82, 2.24) is 10.2 Å². The number of anilines is 1. The maximum absolute atomic E-state index is 12.2. The molecule has 1 amide bonds. The van der Waals surface area contributed by atoms with Crippen molar-refractivity contribution in [1.29, 1.82) is 0 Å². The molecule has 8 heteroatoms. The van der Waals surface area contributed by atoms with Gasteiger partial charge in [0.05, 0.1) is 6.17 Å². The molecule has 2 heterocycles. The van der Waals surface area contributed by atoms with Crippen LogP contribution in [0.1, 0.15) is 61.4 Å². The van der Waals surface area contributed by atoms with E-state index in [1.54, 1.807) is 12.1 Å². The van der Waals surface area contributed by atoms with E-state index >= 15 is 0 Å². The van der Waals surface area contributed by atoms with Crippen molar-refractivity contribution in [2.24, 2.45) is 0 Å². The molecule has 3 N–H and O–H groups in total. The quantitative estimate of drug-likeness (QED) is 0.590. The number of fused-ring (bicyclic) bond motifs is 3. The van der Waals surface area contributed by atoms with Gasteiger partial charge in [-0.05, 0) is 50.1 Å². The Balaban J connectivity index is 0.000000243. The molecule has 1 saturated carbocycles. The molecule has 8 nitrogen and oxygen atoms in total. The van der Waals surface area contributed by atoms with Gasteiger partial charge in [-0.2, -0.15) is 0 Å². The third kappa shape index (κ3) is 5.07. The minimum absolute atomic E-state index is 0.0671. The van der Waals surface area contributed by atoms with E-state index in [0.717, 1.165) is 25.8 Å². The van der Waals surface area contributed by atoms with Gasteiger partial charge >= 0.3 is 12.1 Å². The number of hydrogen-bond donors (Lipinski definition) is 3. The molecule has 188 valence electrons. The highest BCUT2D eigenvalue weighted by molar-refractivity contribution is 5.90. The number of carbonyl (C=O) groups is 2. The number of phenols is 1. The second-order valence-corrected chi connectivity index (χ2v) is 10.0. The minimum atomic E-state index is -1.11. The molecule has 0 bridgehead atoms. The molecule has 2 fully saturated rings. The van der Waals surface area contributed by atoms with Gasteiger partial charge in [0, 0.05) is 36.8 Å². The van der Waals surface area contributed by atoms with E-state index in [0.29, 0.717) is 11.9 Å². The Morgan fingerprint density at radius 3 is 2.46 bits per heavy atom. The van der Waals surface area contributed by atoms with E-state index in [1.165, 1.54) is 42.6 Å². The van der Waals surface area contributed by atoms with E-state index in [9.17, 15) is 9.59 Å².